The lowest BCUT2D eigenvalue weighted by molar-refractivity contribution is -0.111. The van der Waals surface area contributed by atoms with Crippen LogP contribution >= 0.6 is 11.6 Å². The summed E-state index contributed by atoms with van der Waals surface area (Å²) in [7, 11) is 0. The topological polar surface area (TPSA) is 38.3 Å². The molecule has 1 amide bonds. The third-order valence-corrected chi connectivity index (χ3v) is 2.99. The first-order valence-corrected chi connectivity index (χ1v) is 7.03. The standard InChI is InChI=1S/C17H16ClNO2/c1-2-21-16-6-4-3-5-15(16)19-17(20)12-9-13-7-10-14(18)11-8-13/h3-12H,2H2,1H3,(H,19,20)/b12-9+. The van der Waals surface area contributed by atoms with Crippen molar-refractivity contribution in [3.05, 3.63) is 65.2 Å². The maximum Gasteiger partial charge on any atom is 0.248 e. The molecule has 0 radical (unpaired) electrons. The molecular formula is C17H16ClNO2. The Morgan fingerprint density at radius 3 is 2.62 bits per heavy atom. The van der Waals surface area contributed by atoms with Gasteiger partial charge in [0.05, 0.1) is 12.3 Å². The van der Waals surface area contributed by atoms with Gasteiger partial charge in [0.2, 0.25) is 5.91 Å². The Kier molecular flexibility index (Phi) is 5.41. The average Bonchev–Trinajstić information content (AvgIpc) is 2.49. The maximum absolute atomic E-state index is 11.9. The zero-order valence-electron chi connectivity index (χ0n) is 11.7. The van der Waals surface area contributed by atoms with Crippen LogP contribution in [0.1, 0.15) is 12.5 Å². The normalized spacial score (nSPS) is 10.6. The minimum absolute atomic E-state index is 0.211. The summed E-state index contributed by atoms with van der Waals surface area (Å²) in [6.07, 6.45) is 3.21. The molecule has 0 saturated heterocycles. The Hall–Kier alpha value is -2.26. The number of nitrogens with one attached hydrogen (secondary N) is 1. The SMILES string of the molecule is CCOc1ccccc1NC(=O)/C=C/c1ccc(Cl)cc1. The number of amides is 1. The second-order valence-electron chi connectivity index (χ2n) is 4.30. The number of benzene rings is 2. The van der Waals surface area contributed by atoms with Crippen molar-refractivity contribution in [2.75, 3.05) is 11.9 Å². The molecule has 3 nitrogen and oxygen atoms in total. The second kappa shape index (κ2) is 7.50. The van der Waals surface area contributed by atoms with Crippen LogP contribution < -0.4 is 10.1 Å². The lowest BCUT2D eigenvalue weighted by Crippen LogP contribution is -2.09. The number of ether oxygens (including phenoxy) is 1. The minimum Gasteiger partial charge on any atom is -0.492 e. The monoisotopic (exact) mass is 301 g/mol. The van der Waals surface area contributed by atoms with Gasteiger partial charge in [-0.25, -0.2) is 0 Å². The van der Waals surface area contributed by atoms with Crippen LogP contribution in [0, 0.1) is 0 Å². The molecule has 0 saturated carbocycles. The highest BCUT2D eigenvalue weighted by Gasteiger charge is 2.04. The van der Waals surface area contributed by atoms with Crippen LogP contribution in [0.15, 0.2) is 54.6 Å². The summed E-state index contributed by atoms with van der Waals surface area (Å²) in [4.78, 5) is 11.9. The van der Waals surface area contributed by atoms with Crippen molar-refractivity contribution >= 4 is 29.3 Å². The smallest absolute Gasteiger partial charge is 0.248 e. The molecule has 2 rings (SSSR count). The van der Waals surface area contributed by atoms with Gasteiger partial charge in [0.15, 0.2) is 0 Å². The van der Waals surface area contributed by atoms with Crippen LogP contribution in [0.5, 0.6) is 5.75 Å². The largest absolute Gasteiger partial charge is 0.492 e. The van der Waals surface area contributed by atoms with Gasteiger partial charge in [-0.3, -0.25) is 4.79 Å². The molecule has 0 bridgehead atoms. The van der Waals surface area contributed by atoms with E-state index in [2.05, 4.69) is 5.32 Å². The third kappa shape index (κ3) is 4.65. The van der Waals surface area contributed by atoms with Crippen molar-refractivity contribution in [1.29, 1.82) is 0 Å². The minimum atomic E-state index is -0.211. The van der Waals surface area contributed by atoms with Crippen molar-refractivity contribution in [1.82, 2.24) is 0 Å². The molecule has 2 aromatic rings. The third-order valence-electron chi connectivity index (χ3n) is 2.74. The molecule has 4 heteroatoms. The highest BCUT2D eigenvalue weighted by Crippen LogP contribution is 2.23. The molecule has 0 fully saturated rings. The molecule has 0 heterocycles. The summed E-state index contributed by atoms with van der Waals surface area (Å²) in [5.41, 5.74) is 1.57. The second-order valence-corrected chi connectivity index (χ2v) is 4.74. The molecule has 0 aliphatic heterocycles. The summed E-state index contributed by atoms with van der Waals surface area (Å²) < 4.78 is 5.46. The fraction of sp³-hybridized carbons (Fsp3) is 0.118. The van der Waals surface area contributed by atoms with Gasteiger partial charge >= 0.3 is 0 Å². The lowest BCUT2D eigenvalue weighted by atomic mass is 10.2. The zero-order chi connectivity index (χ0) is 15.1. The summed E-state index contributed by atoms with van der Waals surface area (Å²) in [5.74, 6) is 0.449. The van der Waals surface area contributed by atoms with Crippen LogP contribution in [0.4, 0.5) is 5.69 Å². The Morgan fingerprint density at radius 2 is 1.90 bits per heavy atom. The van der Waals surface area contributed by atoms with Gasteiger partial charge in [0, 0.05) is 11.1 Å². The Balaban J connectivity index is 2.03. The molecule has 2 aromatic carbocycles. The lowest BCUT2D eigenvalue weighted by Gasteiger charge is -2.09. The molecule has 0 aromatic heterocycles. The van der Waals surface area contributed by atoms with Crippen molar-refractivity contribution in [2.45, 2.75) is 6.92 Å². The number of halogens is 1. The number of carbonyl (C=O) groups excluding carboxylic acids is 1. The number of rotatable bonds is 5. The van der Waals surface area contributed by atoms with Gasteiger partial charge in [-0.2, -0.15) is 0 Å². The van der Waals surface area contributed by atoms with E-state index < -0.39 is 0 Å². The van der Waals surface area contributed by atoms with E-state index in [1.165, 1.54) is 6.08 Å². The maximum atomic E-state index is 11.9. The molecular weight excluding hydrogens is 286 g/mol. The molecule has 108 valence electrons. The van der Waals surface area contributed by atoms with E-state index in [9.17, 15) is 4.79 Å². The van der Waals surface area contributed by atoms with Crippen LogP contribution in [-0.4, -0.2) is 12.5 Å². The van der Waals surface area contributed by atoms with E-state index in [1.807, 2.05) is 37.3 Å². The van der Waals surface area contributed by atoms with E-state index >= 15 is 0 Å². The average molecular weight is 302 g/mol. The molecule has 0 aliphatic carbocycles. The first-order chi connectivity index (χ1) is 10.2. The number of hydrogen-bond acceptors (Lipinski definition) is 2. The summed E-state index contributed by atoms with van der Waals surface area (Å²) in [5, 5.41) is 3.47. The van der Waals surface area contributed by atoms with Crippen molar-refractivity contribution in [3.8, 4) is 5.75 Å². The van der Waals surface area contributed by atoms with E-state index in [4.69, 9.17) is 16.3 Å². The predicted molar refractivity (Wildman–Crippen MR) is 86.7 cm³/mol. The van der Waals surface area contributed by atoms with Crippen molar-refractivity contribution < 1.29 is 9.53 Å². The number of carbonyl (C=O) groups is 1. The van der Waals surface area contributed by atoms with Gasteiger partial charge in [-0.15, -0.1) is 0 Å². The summed E-state index contributed by atoms with van der Waals surface area (Å²) in [6.45, 7) is 2.45. The predicted octanol–water partition coefficient (Wildman–Crippen LogP) is 4.39. The zero-order valence-corrected chi connectivity index (χ0v) is 12.4. The quantitative estimate of drug-likeness (QED) is 0.832. The Morgan fingerprint density at radius 1 is 1.19 bits per heavy atom. The van der Waals surface area contributed by atoms with Crippen LogP contribution in [0.3, 0.4) is 0 Å². The van der Waals surface area contributed by atoms with Gasteiger partial charge in [0.25, 0.3) is 0 Å². The summed E-state index contributed by atoms with van der Waals surface area (Å²) >= 11 is 5.81. The molecule has 0 aliphatic rings. The molecule has 21 heavy (non-hydrogen) atoms. The van der Waals surface area contributed by atoms with E-state index in [0.29, 0.717) is 23.1 Å². The van der Waals surface area contributed by atoms with Gasteiger partial charge in [-0.1, -0.05) is 35.9 Å². The highest BCUT2D eigenvalue weighted by molar-refractivity contribution is 6.30. The Bertz CT molecular complexity index is 635. The van der Waals surface area contributed by atoms with Gasteiger partial charge in [-0.05, 0) is 42.8 Å². The number of hydrogen-bond donors (Lipinski definition) is 1. The van der Waals surface area contributed by atoms with Crippen LogP contribution in [0.2, 0.25) is 5.02 Å². The molecule has 1 N–H and O–H groups in total. The first-order valence-electron chi connectivity index (χ1n) is 6.65. The van der Waals surface area contributed by atoms with Crippen molar-refractivity contribution in [2.24, 2.45) is 0 Å². The number of para-hydroxylation sites is 2. The van der Waals surface area contributed by atoms with Gasteiger partial charge < -0.3 is 10.1 Å². The van der Waals surface area contributed by atoms with Crippen molar-refractivity contribution in [3.63, 3.8) is 0 Å². The number of anilines is 1. The fourth-order valence-corrected chi connectivity index (χ4v) is 1.90. The van der Waals surface area contributed by atoms with E-state index in [0.717, 1.165) is 5.56 Å². The van der Waals surface area contributed by atoms with E-state index in [1.54, 1.807) is 24.3 Å². The fourth-order valence-electron chi connectivity index (χ4n) is 1.77. The molecule has 0 unspecified atom stereocenters. The Labute approximate surface area is 129 Å². The molecule has 0 atom stereocenters. The first kappa shape index (κ1) is 15.1. The summed E-state index contributed by atoms with van der Waals surface area (Å²) in [6, 6.07) is 14.6. The van der Waals surface area contributed by atoms with Crippen LogP contribution in [0.25, 0.3) is 6.08 Å². The highest BCUT2D eigenvalue weighted by atomic mass is 35.5. The van der Waals surface area contributed by atoms with Crippen LogP contribution in [-0.2, 0) is 4.79 Å². The van der Waals surface area contributed by atoms with Gasteiger partial charge in [0.1, 0.15) is 5.75 Å². The van der Waals surface area contributed by atoms with E-state index in [-0.39, 0.29) is 5.91 Å². The molecule has 0 spiro atoms.